The minimum atomic E-state index is -0.955. The van der Waals surface area contributed by atoms with E-state index in [1.165, 1.54) is 12.0 Å². The minimum Gasteiger partial charge on any atom is -0.478 e. The van der Waals surface area contributed by atoms with Crippen LogP contribution in [0.2, 0.25) is 0 Å². The smallest absolute Gasteiger partial charge is 0.335 e. The van der Waals surface area contributed by atoms with E-state index in [4.69, 9.17) is 24.2 Å². The van der Waals surface area contributed by atoms with Gasteiger partial charge in [-0.1, -0.05) is 19.1 Å². The first kappa shape index (κ1) is 39.8. The maximum atomic E-state index is 15.1. The number of piperidine rings is 1. The summed E-state index contributed by atoms with van der Waals surface area (Å²) in [5, 5.41) is 12.4. The molecule has 6 rings (SSSR count). The molecule has 2 fully saturated rings. The molecule has 2 aromatic carbocycles. The quantitative estimate of drug-likeness (QED) is 0.103. The number of carbonyl (C=O) groups is 2. The van der Waals surface area contributed by atoms with E-state index in [2.05, 4.69) is 28.6 Å². The van der Waals surface area contributed by atoms with E-state index in [0.29, 0.717) is 43.2 Å². The zero-order valence-corrected chi connectivity index (χ0v) is 34.0. The molecule has 2 aliphatic heterocycles. The number of benzene rings is 2. The van der Waals surface area contributed by atoms with Crippen LogP contribution in [0.1, 0.15) is 99.6 Å². The number of amides is 1. The maximum Gasteiger partial charge on any atom is 0.335 e. The Hall–Kier alpha value is -5.39. The first-order valence-corrected chi connectivity index (χ1v) is 18.7. The molecule has 2 aliphatic rings. The number of ether oxygens (including phenoxy) is 3. The first-order chi connectivity index (χ1) is 25.5. The van der Waals surface area contributed by atoms with Gasteiger partial charge in [0.1, 0.15) is 18.2 Å². The van der Waals surface area contributed by atoms with Crippen LogP contribution in [0.15, 0.2) is 54.6 Å². The van der Waals surface area contributed by atoms with Gasteiger partial charge in [-0.3, -0.25) is 9.69 Å². The number of carboxylic acid groups (broad SMARTS) is 1. The second-order valence-electron chi connectivity index (χ2n) is 14.8. The fourth-order valence-corrected chi connectivity index (χ4v) is 6.81. The SMILES string of the molecule is CCC(C)(CC(=O)Nc1ccc(COc2cccc(C3CCN(Cc4nc5ccc(C(=O)O)cc5n4C[C@@H]4CCO4)CC3)n2)c(F)c1)OCC[C-](C)C.[Es]. The number of aromatic carboxylic acids is 1. The number of imidazole rings is 1. The van der Waals surface area contributed by atoms with Crippen LogP contribution >= 0.6 is 0 Å². The van der Waals surface area contributed by atoms with Crippen molar-refractivity contribution >= 4 is 28.6 Å². The molecule has 11 nitrogen and oxygen atoms in total. The summed E-state index contributed by atoms with van der Waals surface area (Å²) in [6, 6.07) is 15.4. The van der Waals surface area contributed by atoms with Crippen LogP contribution in [-0.4, -0.2) is 74.4 Å². The standard InChI is InChI=1S/C41H51FN5O6.Es/c1-5-41(4,53-20-15-27(2)3)23-38(48)43-31-11-9-30(33(42)22-31)26-52-39-8-6-7-34(45-39)28-13-17-46(18-14-28)25-37-44-35-12-10-29(40(49)50)21-36(35)47(37)24-32-16-19-51-32;/h6-12,21-22,28,32H,5,13-20,23-26H2,1-4H3,(H,43,48)(H,49,50);/q-1;/t32-,41?;/m0./s1. The van der Waals surface area contributed by atoms with Gasteiger partial charge in [-0.05, 0) is 82.1 Å². The Morgan fingerprint density at radius 1 is 1.09 bits per heavy atom. The average molecular weight is 981 g/mol. The molecule has 4 heterocycles. The number of likely N-dealkylation sites (tertiary alicyclic amines) is 1. The molecule has 54 heavy (non-hydrogen) atoms. The number of aromatic nitrogens is 3. The molecule has 0 bridgehead atoms. The van der Waals surface area contributed by atoms with Gasteiger partial charge in [0.05, 0.1) is 47.8 Å². The second kappa shape index (κ2) is 17.6. The number of anilines is 1. The van der Waals surface area contributed by atoms with E-state index in [0.717, 1.165) is 67.9 Å². The van der Waals surface area contributed by atoms with Crippen LogP contribution in [0.3, 0.4) is 0 Å². The molecular weight excluding hydrogens is 929 g/mol. The number of nitrogens with one attached hydrogen (secondary N) is 1. The molecular formula is C41H51EsFN5O6-. The molecule has 13 heteroatoms. The van der Waals surface area contributed by atoms with Gasteiger partial charge >= 0.3 is 5.97 Å². The molecule has 295 valence electrons. The number of halogens is 1. The zero-order chi connectivity index (χ0) is 37.5. The number of fused-ring (bicyclic) bond motifs is 1. The van der Waals surface area contributed by atoms with Crippen LogP contribution in [0, 0.1) is 11.7 Å². The number of pyridine rings is 1. The number of hydrogen-bond donors (Lipinski definition) is 2. The van der Waals surface area contributed by atoms with Crippen molar-refractivity contribution in [1.29, 1.82) is 0 Å². The summed E-state index contributed by atoms with van der Waals surface area (Å²) in [7, 11) is 0. The van der Waals surface area contributed by atoms with Gasteiger partial charge < -0.3 is 35.1 Å². The third kappa shape index (κ3) is 9.97. The van der Waals surface area contributed by atoms with Gasteiger partial charge in [0.2, 0.25) is 11.8 Å². The van der Waals surface area contributed by atoms with Crippen molar-refractivity contribution in [2.75, 3.05) is 31.6 Å². The minimum absolute atomic E-state index is 0. The number of rotatable bonds is 17. The normalized spacial score (nSPS) is 17.5. The van der Waals surface area contributed by atoms with Gasteiger partial charge in [0.15, 0.2) is 0 Å². The van der Waals surface area contributed by atoms with E-state index in [1.807, 2.05) is 26.0 Å². The summed E-state index contributed by atoms with van der Waals surface area (Å²) in [5.74, 6) is 1.23. The Morgan fingerprint density at radius 2 is 1.87 bits per heavy atom. The summed E-state index contributed by atoms with van der Waals surface area (Å²) < 4.78 is 34.9. The van der Waals surface area contributed by atoms with E-state index >= 15 is 4.39 Å². The Bertz CT molecular complexity index is 1890. The molecule has 1 amide bonds. The Labute approximate surface area is 310 Å². The van der Waals surface area contributed by atoms with E-state index in [9.17, 15) is 14.7 Å². The van der Waals surface area contributed by atoms with Crippen LogP contribution in [0.4, 0.5) is 10.1 Å². The van der Waals surface area contributed by atoms with Gasteiger partial charge in [0.25, 0.3) is 0 Å². The van der Waals surface area contributed by atoms with Crippen molar-refractivity contribution in [3.05, 3.63) is 89.0 Å². The van der Waals surface area contributed by atoms with Crippen molar-refractivity contribution in [2.45, 2.75) is 104 Å². The van der Waals surface area contributed by atoms with Crippen LogP contribution in [0.5, 0.6) is 5.88 Å². The third-order valence-electron chi connectivity index (χ3n) is 10.4. The molecule has 2 atom stereocenters. The second-order valence-corrected chi connectivity index (χ2v) is 14.8. The number of carboxylic acids is 1. The average Bonchev–Trinajstić information content (AvgIpc) is 3.45. The fourth-order valence-electron chi connectivity index (χ4n) is 6.81. The summed E-state index contributed by atoms with van der Waals surface area (Å²) >= 11 is 0. The van der Waals surface area contributed by atoms with Gasteiger partial charge in [-0.25, -0.2) is 19.2 Å². The van der Waals surface area contributed by atoms with E-state index < -0.39 is 17.4 Å². The molecule has 1 radical (unpaired) electrons. The van der Waals surface area contributed by atoms with E-state index in [1.54, 1.807) is 36.4 Å². The van der Waals surface area contributed by atoms with E-state index in [-0.39, 0.29) is 36.5 Å². The largest absolute Gasteiger partial charge is 0.478 e. The van der Waals surface area contributed by atoms with Crippen LogP contribution in [-0.2, 0) is 34.0 Å². The third-order valence-corrected chi connectivity index (χ3v) is 10.4. The van der Waals surface area contributed by atoms with Crippen molar-refractivity contribution < 1.29 is 33.3 Å². The zero-order valence-electron chi connectivity index (χ0n) is 31.5. The summed E-state index contributed by atoms with van der Waals surface area (Å²) in [5.41, 5.74) is 2.96. The molecule has 2 saturated heterocycles. The number of nitrogens with zero attached hydrogens (tertiary/aromatic N) is 4. The number of hydrogen-bond acceptors (Lipinski definition) is 8. The molecule has 0 saturated carbocycles. The number of carbonyl (C=O) groups excluding carboxylic acids is 1. The Morgan fingerprint density at radius 3 is 2.54 bits per heavy atom. The van der Waals surface area contributed by atoms with Crippen molar-refractivity contribution in [2.24, 2.45) is 0 Å². The molecule has 2 aromatic heterocycles. The molecule has 2 N–H and O–H groups in total. The van der Waals surface area contributed by atoms with Crippen LogP contribution in [0.25, 0.3) is 11.0 Å². The van der Waals surface area contributed by atoms with Crippen molar-refractivity contribution in [3.8, 4) is 5.88 Å². The molecule has 0 aliphatic carbocycles. The monoisotopic (exact) mass is 980 g/mol. The van der Waals surface area contributed by atoms with Crippen molar-refractivity contribution in [1.82, 2.24) is 19.4 Å². The summed E-state index contributed by atoms with van der Waals surface area (Å²) in [4.78, 5) is 36.5. The van der Waals surface area contributed by atoms with Gasteiger partial charge in [-0.15, -0.1) is 0 Å². The predicted molar refractivity (Wildman–Crippen MR) is 200 cm³/mol. The maximum absolute atomic E-state index is 15.1. The van der Waals surface area contributed by atoms with Crippen molar-refractivity contribution in [3.63, 3.8) is 0 Å². The van der Waals surface area contributed by atoms with Crippen LogP contribution < -0.4 is 10.1 Å². The fraction of sp³-hybridized carbons (Fsp3) is 0.488. The summed E-state index contributed by atoms with van der Waals surface area (Å²) in [6.45, 7) is 12.4. The van der Waals surface area contributed by atoms with Gasteiger partial charge in [0, 0.05) is 42.1 Å². The molecule has 1 unspecified atom stereocenters. The Kier molecular flexibility index (Phi) is 13.0. The van der Waals surface area contributed by atoms with Gasteiger partial charge in [-0.2, -0.15) is 20.3 Å². The molecule has 4 aromatic rings. The first-order valence-electron chi connectivity index (χ1n) is 18.7. The topological polar surface area (TPSA) is 128 Å². The molecule has 0 spiro atoms. The summed E-state index contributed by atoms with van der Waals surface area (Å²) in [6.07, 6.45) is 4.62. The predicted octanol–water partition coefficient (Wildman–Crippen LogP) is 7.53. The Balaban J connectivity index is 0.00000561.